The van der Waals surface area contributed by atoms with E-state index in [9.17, 15) is 4.79 Å². The zero-order chi connectivity index (χ0) is 13.0. The normalized spacial score (nSPS) is 19.3. The number of hydrogen-bond donors (Lipinski definition) is 1. The Hall–Kier alpha value is -1.66. The van der Waals surface area contributed by atoms with Crippen molar-refractivity contribution in [2.45, 2.75) is 6.10 Å². The van der Waals surface area contributed by atoms with Crippen LogP contribution in [0.25, 0.3) is 0 Å². The Morgan fingerprint density at radius 2 is 2.39 bits per heavy atom. The van der Waals surface area contributed by atoms with Gasteiger partial charge in [0.25, 0.3) is 0 Å². The lowest BCUT2D eigenvalue weighted by molar-refractivity contribution is 0.0248. The van der Waals surface area contributed by atoms with Crippen molar-refractivity contribution in [1.29, 1.82) is 0 Å². The minimum atomic E-state index is -0.464. The van der Waals surface area contributed by atoms with Gasteiger partial charge in [-0.3, -0.25) is 4.98 Å². The highest BCUT2D eigenvalue weighted by Gasteiger charge is 2.20. The molecule has 1 aromatic heterocycles. The summed E-state index contributed by atoms with van der Waals surface area (Å²) < 4.78 is 15.4. The van der Waals surface area contributed by atoms with Crippen LogP contribution in [-0.2, 0) is 9.47 Å². The molecule has 0 aromatic carbocycles. The maximum atomic E-state index is 11.5. The van der Waals surface area contributed by atoms with Crippen LogP contribution in [0.4, 0.5) is 0 Å². The van der Waals surface area contributed by atoms with Gasteiger partial charge >= 0.3 is 5.97 Å². The molecule has 0 aliphatic carbocycles. The molecule has 1 aliphatic rings. The van der Waals surface area contributed by atoms with Crippen LogP contribution >= 0.6 is 0 Å². The lowest BCUT2D eigenvalue weighted by Gasteiger charge is -2.23. The average molecular weight is 252 g/mol. The number of morpholine rings is 1. The molecule has 0 amide bonds. The molecule has 2 rings (SSSR count). The van der Waals surface area contributed by atoms with Crippen LogP contribution in [-0.4, -0.2) is 44.9 Å². The first-order chi connectivity index (χ1) is 8.76. The van der Waals surface area contributed by atoms with Crippen molar-refractivity contribution in [2.24, 2.45) is 0 Å². The molecule has 0 bridgehead atoms. The number of esters is 1. The maximum Gasteiger partial charge on any atom is 0.343 e. The van der Waals surface area contributed by atoms with Crippen molar-refractivity contribution in [2.75, 3.05) is 33.9 Å². The summed E-state index contributed by atoms with van der Waals surface area (Å²) >= 11 is 0. The van der Waals surface area contributed by atoms with E-state index in [0.29, 0.717) is 24.5 Å². The topological polar surface area (TPSA) is 69.7 Å². The fraction of sp³-hybridized carbons (Fsp3) is 0.500. The summed E-state index contributed by atoms with van der Waals surface area (Å²) in [5.74, 6) is -0.0189. The molecule has 1 saturated heterocycles. The molecule has 6 heteroatoms. The van der Waals surface area contributed by atoms with E-state index in [1.54, 1.807) is 6.07 Å². The van der Waals surface area contributed by atoms with Crippen LogP contribution in [0.5, 0.6) is 5.75 Å². The molecule has 2 heterocycles. The summed E-state index contributed by atoms with van der Waals surface area (Å²) in [6, 6.07) is 1.71. The van der Waals surface area contributed by atoms with Gasteiger partial charge in [-0.2, -0.15) is 0 Å². The molecular weight excluding hydrogens is 236 g/mol. The summed E-state index contributed by atoms with van der Waals surface area (Å²) in [6.07, 6.45) is 1.34. The molecule has 6 nitrogen and oxygen atoms in total. The van der Waals surface area contributed by atoms with Crippen LogP contribution in [0.2, 0.25) is 0 Å². The summed E-state index contributed by atoms with van der Waals surface area (Å²) in [5, 5.41) is 3.22. The first-order valence-electron chi connectivity index (χ1n) is 5.71. The van der Waals surface area contributed by atoms with E-state index in [-0.39, 0.29) is 6.10 Å². The summed E-state index contributed by atoms with van der Waals surface area (Å²) in [5.41, 5.74) is 1.05. The molecule has 0 radical (unpaired) electrons. The lowest BCUT2D eigenvalue weighted by Crippen LogP contribution is -2.33. The van der Waals surface area contributed by atoms with Gasteiger partial charge in [-0.05, 0) is 0 Å². The first kappa shape index (κ1) is 12.8. The third-order valence-corrected chi connectivity index (χ3v) is 2.77. The Kier molecular flexibility index (Phi) is 4.11. The van der Waals surface area contributed by atoms with Gasteiger partial charge in [0.2, 0.25) is 0 Å². The molecule has 1 aromatic rings. The molecule has 1 N–H and O–H groups in total. The number of aromatic nitrogens is 1. The molecule has 98 valence electrons. The summed E-state index contributed by atoms with van der Waals surface area (Å²) in [6.45, 7) is 2.19. The Morgan fingerprint density at radius 3 is 3.00 bits per heavy atom. The van der Waals surface area contributed by atoms with Crippen molar-refractivity contribution >= 4 is 5.97 Å². The van der Waals surface area contributed by atoms with E-state index in [1.165, 1.54) is 20.4 Å². The van der Waals surface area contributed by atoms with Crippen molar-refractivity contribution in [3.8, 4) is 5.75 Å². The van der Waals surface area contributed by atoms with Gasteiger partial charge in [0.1, 0.15) is 17.4 Å². The second-order valence-corrected chi connectivity index (χ2v) is 3.86. The Bertz CT molecular complexity index is 430. The van der Waals surface area contributed by atoms with E-state index < -0.39 is 5.97 Å². The molecular formula is C12H16N2O4. The third kappa shape index (κ3) is 2.60. The van der Waals surface area contributed by atoms with Crippen molar-refractivity contribution < 1.29 is 19.0 Å². The number of nitrogens with zero attached hydrogens (tertiary/aromatic N) is 1. The highest BCUT2D eigenvalue weighted by Crippen LogP contribution is 2.24. The molecule has 1 unspecified atom stereocenters. The van der Waals surface area contributed by atoms with Gasteiger partial charge in [0.05, 0.1) is 26.5 Å². The summed E-state index contributed by atoms with van der Waals surface area (Å²) in [7, 11) is 2.83. The monoisotopic (exact) mass is 252 g/mol. The number of pyridine rings is 1. The molecule has 1 atom stereocenters. The molecule has 1 fully saturated rings. The van der Waals surface area contributed by atoms with Crippen molar-refractivity contribution in [1.82, 2.24) is 10.3 Å². The largest absolute Gasteiger partial charge is 0.496 e. The summed E-state index contributed by atoms with van der Waals surface area (Å²) in [4.78, 5) is 15.7. The Balaban J connectivity index is 2.26. The average Bonchev–Trinajstić information content (AvgIpc) is 2.46. The van der Waals surface area contributed by atoms with Crippen molar-refractivity contribution in [3.63, 3.8) is 0 Å². The first-order valence-corrected chi connectivity index (χ1v) is 5.71. The fourth-order valence-electron chi connectivity index (χ4n) is 1.82. The minimum Gasteiger partial charge on any atom is -0.496 e. The van der Waals surface area contributed by atoms with Gasteiger partial charge in [-0.25, -0.2) is 4.79 Å². The zero-order valence-corrected chi connectivity index (χ0v) is 10.4. The number of nitrogens with one attached hydrogen (secondary N) is 1. The number of carbonyl (C=O) groups excluding carboxylic acids is 1. The number of rotatable bonds is 3. The number of methoxy groups -OCH3 is 2. The number of hydrogen-bond acceptors (Lipinski definition) is 6. The van der Waals surface area contributed by atoms with Crippen LogP contribution < -0.4 is 10.1 Å². The van der Waals surface area contributed by atoms with E-state index in [0.717, 1.165) is 12.2 Å². The second kappa shape index (κ2) is 5.79. The van der Waals surface area contributed by atoms with E-state index in [4.69, 9.17) is 9.47 Å². The maximum absolute atomic E-state index is 11.5. The third-order valence-electron chi connectivity index (χ3n) is 2.77. The molecule has 0 saturated carbocycles. The Labute approximate surface area is 105 Å². The van der Waals surface area contributed by atoms with Gasteiger partial charge in [-0.1, -0.05) is 0 Å². The van der Waals surface area contributed by atoms with E-state index in [1.807, 2.05) is 0 Å². The quantitative estimate of drug-likeness (QED) is 0.792. The zero-order valence-electron chi connectivity index (χ0n) is 10.4. The van der Waals surface area contributed by atoms with Crippen molar-refractivity contribution in [3.05, 3.63) is 23.5 Å². The van der Waals surface area contributed by atoms with Gasteiger partial charge in [0, 0.05) is 25.4 Å². The second-order valence-electron chi connectivity index (χ2n) is 3.86. The van der Waals surface area contributed by atoms with Crippen LogP contribution in [0.3, 0.4) is 0 Å². The highest BCUT2D eigenvalue weighted by molar-refractivity contribution is 5.92. The van der Waals surface area contributed by atoms with E-state index >= 15 is 0 Å². The van der Waals surface area contributed by atoms with Gasteiger partial charge < -0.3 is 19.5 Å². The lowest BCUT2D eigenvalue weighted by atomic mass is 10.1. The fourth-order valence-corrected chi connectivity index (χ4v) is 1.82. The predicted octanol–water partition coefficient (Wildman–Crippen LogP) is 0.538. The number of ether oxygens (including phenoxy) is 3. The smallest absolute Gasteiger partial charge is 0.343 e. The van der Waals surface area contributed by atoms with Crippen LogP contribution in [0.15, 0.2) is 12.3 Å². The van der Waals surface area contributed by atoms with Gasteiger partial charge in [0.15, 0.2) is 0 Å². The predicted molar refractivity (Wildman–Crippen MR) is 63.7 cm³/mol. The van der Waals surface area contributed by atoms with Gasteiger partial charge in [-0.15, -0.1) is 0 Å². The van der Waals surface area contributed by atoms with Crippen LogP contribution in [0, 0.1) is 0 Å². The molecule has 18 heavy (non-hydrogen) atoms. The number of carbonyl (C=O) groups is 1. The molecule has 1 aliphatic heterocycles. The van der Waals surface area contributed by atoms with Crippen LogP contribution in [0.1, 0.15) is 22.2 Å². The SMILES string of the molecule is COC(=O)c1cnc(C2CNCCO2)cc1OC. The minimum absolute atomic E-state index is 0.112. The Morgan fingerprint density at radius 1 is 1.56 bits per heavy atom. The molecule has 0 spiro atoms. The van der Waals surface area contributed by atoms with E-state index in [2.05, 4.69) is 15.0 Å². The standard InChI is InChI=1S/C12H16N2O4/c1-16-10-5-9(11-7-13-3-4-18-11)14-6-8(10)12(15)17-2/h5-6,11,13H,3-4,7H2,1-2H3. The highest BCUT2D eigenvalue weighted by atomic mass is 16.5.